The zero-order valence-electron chi connectivity index (χ0n) is 14.6. The molecule has 0 amide bonds. The first-order chi connectivity index (χ1) is 12.1. The largest absolute Gasteiger partial charge is 0.302 e. The Morgan fingerprint density at radius 2 is 1.76 bits per heavy atom. The number of thioether (sulfide) groups is 1. The van der Waals surface area contributed by atoms with Gasteiger partial charge >= 0.3 is 0 Å². The van der Waals surface area contributed by atoms with Crippen LogP contribution in [0.4, 0.5) is 0 Å². The Morgan fingerprint density at radius 1 is 1.08 bits per heavy atom. The SMILES string of the molecule is CCn1c(S[C@H](C)C(=O)c2ccc(C)cc2)nnc1-c1ccccc1. The van der Waals surface area contributed by atoms with Crippen molar-refractivity contribution >= 4 is 17.5 Å². The smallest absolute Gasteiger partial charge is 0.192 e. The summed E-state index contributed by atoms with van der Waals surface area (Å²) in [5, 5.41) is 9.20. The van der Waals surface area contributed by atoms with Crippen molar-refractivity contribution in [1.82, 2.24) is 14.8 Å². The number of benzene rings is 2. The zero-order valence-corrected chi connectivity index (χ0v) is 15.5. The second-order valence-electron chi connectivity index (χ2n) is 5.91. The number of carbonyl (C=O) groups is 1. The minimum Gasteiger partial charge on any atom is -0.302 e. The fourth-order valence-corrected chi connectivity index (χ4v) is 3.62. The van der Waals surface area contributed by atoms with Crippen LogP contribution in [-0.2, 0) is 6.54 Å². The van der Waals surface area contributed by atoms with E-state index in [0.29, 0.717) is 0 Å². The normalized spacial score (nSPS) is 12.1. The Morgan fingerprint density at radius 3 is 2.40 bits per heavy atom. The number of carbonyl (C=O) groups excluding carboxylic acids is 1. The molecular formula is C20H21N3OS. The van der Waals surface area contributed by atoms with Crippen LogP contribution in [0.15, 0.2) is 59.8 Å². The molecule has 3 aromatic rings. The summed E-state index contributed by atoms with van der Waals surface area (Å²) in [4.78, 5) is 12.7. The summed E-state index contributed by atoms with van der Waals surface area (Å²) in [7, 11) is 0. The van der Waals surface area contributed by atoms with Crippen LogP contribution in [0.5, 0.6) is 0 Å². The lowest BCUT2D eigenvalue weighted by Crippen LogP contribution is -2.14. The summed E-state index contributed by atoms with van der Waals surface area (Å²) in [5.41, 5.74) is 2.91. The van der Waals surface area contributed by atoms with Gasteiger partial charge in [0.2, 0.25) is 0 Å². The predicted octanol–water partition coefficient (Wildman–Crippen LogP) is 4.64. The third kappa shape index (κ3) is 3.82. The lowest BCUT2D eigenvalue weighted by molar-refractivity contribution is 0.0994. The molecule has 2 aromatic carbocycles. The predicted molar refractivity (Wildman–Crippen MR) is 102 cm³/mol. The average Bonchev–Trinajstić information content (AvgIpc) is 3.05. The maximum atomic E-state index is 12.7. The van der Waals surface area contributed by atoms with Crippen molar-refractivity contribution in [3.63, 3.8) is 0 Å². The first kappa shape index (κ1) is 17.4. The molecule has 1 atom stereocenters. The molecule has 25 heavy (non-hydrogen) atoms. The molecule has 0 aliphatic heterocycles. The van der Waals surface area contributed by atoms with Crippen LogP contribution in [-0.4, -0.2) is 25.8 Å². The number of hydrogen-bond acceptors (Lipinski definition) is 4. The summed E-state index contributed by atoms with van der Waals surface area (Å²) in [6.45, 7) is 6.75. The minimum absolute atomic E-state index is 0.108. The van der Waals surface area contributed by atoms with Crippen molar-refractivity contribution in [1.29, 1.82) is 0 Å². The molecular weight excluding hydrogens is 330 g/mol. The topological polar surface area (TPSA) is 47.8 Å². The van der Waals surface area contributed by atoms with E-state index in [9.17, 15) is 4.79 Å². The van der Waals surface area contributed by atoms with Crippen molar-refractivity contribution in [3.05, 3.63) is 65.7 Å². The van der Waals surface area contributed by atoms with E-state index >= 15 is 0 Å². The van der Waals surface area contributed by atoms with E-state index in [1.54, 1.807) is 0 Å². The van der Waals surface area contributed by atoms with Crippen molar-refractivity contribution < 1.29 is 4.79 Å². The van der Waals surface area contributed by atoms with Gasteiger partial charge < -0.3 is 4.57 Å². The molecule has 0 aliphatic rings. The monoisotopic (exact) mass is 351 g/mol. The number of hydrogen-bond donors (Lipinski definition) is 0. The van der Waals surface area contributed by atoms with E-state index in [0.717, 1.165) is 34.2 Å². The third-order valence-electron chi connectivity index (χ3n) is 4.05. The summed E-state index contributed by atoms with van der Waals surface area (Å²) in [5.74, 6) is 0.942. The number of Topliss-reactive ketones (excluding diaryl/α,β-unsaturated/α-hetero) is 1. The van der Waals surface area contributed by atoms with Crippen LogP contribution in [0.25, 0.3) is 11.4 Å². The Hall–Kier alpha value is -2.40. The van der Waals surface area contributed by atoms with Crippen LogP contribution in [0.2, 0.25) is 0 Å². The van der Waals surface area contributed by atoms with Crippen molar-refractivity contribution in [2.75, 3.05) is 0 Å². The molecule has 1 aromatic heterocycles. The van der Waals surface area contributed by atoms with Gasteiger partial charge in [-0.05, 0) is 20.8 Å². The van der Waals surface area contributed by atoms with Gasteiger partial charge in [0.05, 0.1) is 5.25 Å². The van der Waals surface area contributed by atoms with Gasteiger partial charge in [0.15, 0.2) is 16.8 Å². The highest BCUT2D eigenvalue weighted by Crippen LogP contribution is 2.28. The molecule has 0 N–H and O–H groups in total. The second-order valence-corrected chi connectivity index (χ2v) is 7.21. The van der Waals surface area contributed by atoms with Crippen LogP contribution >= 0.6 is 11.8 Å². The van der Waals surface area contributed by atoms with E-state index < -0.39 is 0 Å². The number of nitrogens with zero attached hydrogens (tertiary/aromatic N) is 3. The third-order valence-corrected chi connectivity index (χ3v) is 5.13. The molecule has 4 nitrogen and oxygen atoms in total. The lowest BCUT2D eigenvalue weighted by Gasteiger charge is -2.12. The van der Waals surface area contributed by atoms with Crippen LogP contribution in [0, 0.1) is 6.92 Å². The average molecular weight is 351 g/mol. The van der Waals surface area contributed by atoms with Gasteiger partial charge in [-0.2, -0.15) is 0 Å². The van der Waals surface area contributed by atoms with E-state index in [1.807, 2.05) is 68.4 Å². The minimum atomic E-state index is -0.221. The highest BCUT2D eigenvalue weighted by molar-refractivity contribution is 8.00. The van der Waals surface area contributed by atoms with Crippen molar-refractivity contribution in [2.45, 2.75) is 37.7 Å². The highest BCUT2D eigenvalue weighted by atomic mass is 32.2. The summed E-state index contributed by atoms with van der Waals surface area (Å²) >= 11 is 1.46. The van der Waals surface area contributed by atoms with Gasteiger partial charge in [0, 0.05) is 17.7 Å². The standard InChI is InChI=1S/C20H21N3OS/c1-4-23-19(17-8-6-5-7-9-17)21-22-20(23)25-15(3)18(24)16-12-10-14(2)11-13-16/h5-13,15H,4H2,1-3H3/t15-/m1/s1. The van der Waals surface area contributed by atoms with Gasteiger partial charge in [0.25, 0.3) is 0 Å². The molecule has 3 rings (SSSR count). The van der Waals surface area contributed by atoms with Gasteiger partial charge in [-0.15, -0.1) is 10.2 Å². The summed E-state index contributed by atoms with van der Waals surface area (Å²) in [6.07, 6.45) is 0. The number of ketones is 1. The van der Waals surface area contributed by atoms with E-state index in [-0.39, 0.29) is 11.0 Å². The van der Waals surface area contributed by atoms with Crippen LogP contribution in [0.1, 0.15) is 29.8 Å². The molecule has 0 bridgehead atoms. The fraction of sp³-hybridized carbons (Fsp3) is 0.250. The zero-order chi connectivity index (χ0) is 17.8. The van der Waals surface area contributed by atoms with Crippen molar-refractivity contribution in [2.24, 2.45) is 0 Å². The molecule has 0 saturated heterocycles. The highest BCUT2D eigenvalue weighted by Gasteiger charge is 2.21. The summed E-state index contributed by atoms with van der Waals surface area (Å²) in [6, 6.07) is 17.7. The number of rotatable bonds is 6. The number of aromatic nitrogens is 3. The quantitative estimate of drug-likeness (QED) is 0.479. The van der Waals surface area contributed by atoms with E-state index in [4.69, 9.17) is 0 Å². The second kappa shape index (κ2) is 7.66. The molecule has 1 heterocycles. The van der Waals surface area contributed by atoms with Crippen LogP contribution in [0.3, 0.4) is 0 Å². The first-order valence-corrected chi connectivity index (χ1v) is 9.24. The van der Waals surface area contributed by atoms with Crippen molar-refractivity contribution in [3.8, 4) is 11.4 Å². The van der Waals surface area contributed by atoms with Gasteiger partial charge in [-0.1, -0.05) is 71.9 Å². The van der Waals surface area contributed by atoms with Crippen LogP contribution < -0.4 is 0 Å². The molecule has 0 fully saturated rings. The fourth-order valence-electron chi connectivity index (χ4n) is 2.63. The van der Waals surface area contributed by atoms with E-state index in [1.165, 1.54) is 11.8 Å². The van der Waals surface area contributed by atoms with Gasteiger partial charge in [0.1, 0.15) is 0 Å². The Labute approximate surface area is 152 Å². The Kier molecular flexibility index (Phi) is 5.34. The van der Waals surface area contributed by atoms with E-state index in [2.05, 4.69) is 21.7 Å². The summed E-state index contributed by atoms with van der Waals surface area (Å²) < 4.78 is 2.05. The molecule has 0 saturated carbocycles. The number of aryl methyl sites for hydroxylation is 1. The van der Waals surface area contributed by atoms with Gasteiger partial charge in [-0.3, -0.25) is 4.79 Å². The maximum Gasteiger partial charge on any atom is 0.192 e. The Bertz CT molecular complexity index is 856. The lowest BCUT2D eigenvalue weighted by atomic mass is 10.1. The Balaban J connectivity index is 1.82. The molecule has 0 spiro atoms. The first-order valence-electron chi connectivity index (χ1n) is 8.36. The molecule has 128 valence electrons. The molecule has 0 unspecified atom stereocenters. The van der Waals surface area contributed by atoms with Gasteiger partial charge in [-0.25, -0.2) is 0 Å². The molecule has 0 aliphatic carbocycles. The molecule has 5 heteroatoms. The maximum absolute atomic E-state index is 12.7. The molecule has 0 radical (unpaired) electrons.